The fourth-order valence-corrected chi connectivity index (χ4v) is 2.07. The minimum atomic E-state index is 0.879. The summed E-state index contributed by atoms with van der Waals surface area (Å²) in [5.74, 6) is 0.879. The maximum atomic E-state index is 5.15. The predicted octanol–water partition coefficient (Wildman–Crippen LogP) is 3.71. The number of methoxy groups -OCH3 is 1. The predicted molar refractivity (Wildman–Crippen MR) is 73.7 cm³/mol. The summed E-state index contributed by atoms with van der Waals surface area (Å²) in [7, 11) is 1.68. The summed E-state index contributed by atoms with van der Waals surface area (Å²) in [6.45, 7) is 2.11. The number of fused-ring (bicyclic) bond motifs is 1. The van der Waals surface area contributed by atoms with E-state index in [9.17, 15) is 0 Å². The third-order valence-corrected chi connectivity index (χ3v) is 3.03. The smallest absolute Gasteiger partial charge is 0.118 e. The molecule has 0 atom stereocenters. The molecule has 0 bridgehead atoms. The van der Waals surface area contributed by atoms with Gasteiger partial charge in [0.15, 0.2) is 0 Å². The number of aromatic nitrogens is 1. The van der Waals surface area contributed by atoms with Crippen LogP contribution in [0, 0.1) is 6.54 Å². The van der Waals surface area contributed by atoms with Crippen molar-refractivity contribution in [2.75, 3.05) is 7.11 Å². The Bertz CT molecular complexity index is 652. The van der Waals surface area contributed by atoms with Gasteiger partial charge in [-0.1, -0.05) is 30.3 Å². The summed E-state index contributed by atoms with van der Waals surface area (Å²) in [6.07, 6.45) is 2.08. The zero-order chi connectivity index (χ0) is 12.4. The number of nitrogens with zero attached hydrogens (tertiary/aromatic N) is 1. The van der Waals surface area contributed by atoms with Gasteiger partial charge in [-0.3, -0.25) is 0 Å². The Balaban J connectivity index is 1.91. The summed E-state index contributed by atoms with van der Waals surface area (Å²) in [5, 5.41) is 1.25. The Labute approximate surface area is 106 Å². The molecule has 0 amide bonds. The summed E-state index contributed by atoms with van der Waals surface area (Å²) in [6, 6.07) is 18.5. The number of benzene rings is 2. The molecule has 2 heteroatoms. The molecule has 0 fully saturated rings. The van der Waals surface area contributed by atoms with E-state index in [1.54, 1.807) is 7.11 Å². The third kappa shape index (κ3) is 1.97. The average Bonchev–Trinajstić information content (AvgIpc) is 2.83. The van der Waals surface area contributed by atoms with Gasteiger partial charge in [-0.15, -0.1) is 0 Å². The molecule has 0 N–H and O–H groups in total. The molecule has 0 aliphatic heterocycles. The molecule has 0 saturated carbocycles. The fourth-order valence-electron chi connectivity index (χ4n) is 2.07. The molecule has 89 valence electrons. The van der Waals surface area contributed by atoms with Crippen molar-refractivity contribution in [2.24, 2.45) is 0 Å². The highest BCUT2D eigenvalue weighted by Gasteiger charge is 2.01. The van der Waals surface area contributed by atoms with Gasteiger partial charge in [0, 0.05) is 11.7 Å². The van der Waals surface area contributed by atoms with Crippen LogP contribution in [0.5, 0.6) is 5.75 Å². The third-order valence-electron chi connectivity index (χ3n) is 3.03. The molecule has 1 heterocycles. The second-order valence-electron chi connectivity index (χ2n) is 4.18. The van der Waals surface area contributed by atoms with E-state index in [4.69, 9.17) is 4.74 Å². The topological polar surface area (TPSA) is 14.2 Å². The van der Waals surface area contributed by atoms with Crippen LogP contribution in [0.3, 0.4) is 0 Å². The monoisotopic (exact) mass is 236 g/mol. The highest BCUT2D eigenvalue weighted by atomic mass is 16.5. The lowest BCUT2D eigenvalue weighted by molar-refractivity contribution is 0.414. The van der Waals surface area contributed by atoms with Crippen molar-refractivity contribution in [2.45, 2.75) is 0 Å². The average molecular weight is 236 g/mol. The van der Waals surface area contributed by atoms with Crippen LogP contribution in [0.1, 0.15) is 5.56 Å². The summed E-state index contributed by atoms with van der Waals surface area (Å²) in [5.41, 5.74) is 2.37. The molecule has 0 unspecified atom stereocenters. The van der Waals surface area contributed by atoms with Crippen LogP contribution >= 0.6 is 0 Å². The molecule has 18 heavy (non-hydrogen) atoms. The number of hydrogen-bond donors (Lipinski definition) is 0. The quantitative estimate of drug-likeness (QED) is 0.676. The molecule has 2 nitrogen and oxygen atoms in total. The Kier molecular flexibility index (Phi) is 2.77. The maximum Gasteiger partial charge on any atom is 0.118 e. The van der Waals surface area contributed by atoms with Crippen LogP contribution in [0.2, 0.25) is 0 Å². The second kappa shape index (κ2) is 4.57. The van der Waals surface area contributed by atoms with Crippen molar-refractivity contribution in [3.8, 4) is 5.75 Å². The van der Waals surface area contributed by atoms with Gasteiger partial charge in [-0.25, -0.2) is 0 Å². The summed E-state index contributed by atoms with van der Waals surface area (Å²) >= 11 is 0. The van der Waals surface area contributed by atoms with E-state index in [1.165, 1.54) is 10.9 Å². The van der Waals surface area contributed by atoms with Gasteiger partial charge in [0.1, 0.15) is 5.75 Å². The van der Waals surface area contributed by atoms with Gasteiger partial charge < -0.3 is 9.30 Å². The van der Waals surface area contributed by atoms with Crippen molar-refractivity contribution in [3.05, 3.63) is 72.9 Å². The Morgan fingerprint density at radius 2 is 1.72 bits per heavy atom. The van der Waals surface area contributed by atoms with E-state index in [2.05, 4.69) is 47.6 Å². The van der Waals surface area contributed by atoms with Crippen molar-refractivity contribution in [1.29, 1.82) is 0 Å². The van der Waals surface area contributed by atoms with Crippen molar-refractivity contribution < 1.29 is 4.74 Å². The van der Waals surface area contributed by atoms with Gasteiger partial charge in [0.05, 0.1) is 13.7 Å². The summed E-state index contributed by atoms with van der Waals surface area (Å²) in [4.78, 5) is 0. The number of hydrogen-bond acceptors (Lipinski definition) is 1. The lowest BCUT2D eigenvalue weighted by Gasteiger charge is -2.06. The van der Waals surface area contributed by atoms with Gasteiger partial charge in [-0.05, 0) is 35.2 Å². The van der Waals surface area contributed by atoms with E-state index < -0.39 is 0 Å². The van der Waals surface area contributed by atoms with Crippen molar-refractivity contribution in [1.82, 2.24) is 4.57 Å². The first-order valence-corrected chi connectivity index (χ1v) is 5.91. The van der Waals surface area contributed by atoms with Crippen LogP contribution < -0.4 is 4.74 Å². The molecule has 0 spiro atoms. The van der Waals surface area contributed by atoms with E-state index in [1.807, 2.05) is 24.3 Å². The lowest BCUT2D eigenvalue weighted by Crippen LogP contribution is -1.94. The molecule has 2 aromatic carbocycles. The number of para-hydroxylation sites is 1. The van der Waals surface area contributed by atoms with Crippen LogP contribution in [0.4, 0.5) is 0 Å². The first-order chi connectivity index (χ1) is 8.86. The summed E-state index contributed by atoms with van der Waals surface area (Å²) < 4.78 is 7.29. The maximum absolute atomic E-state index is 5.15. The minimum Gasteiger partial charge on any atom is -0.497 e. The second-order valence-corrected chi connectivity index (χ2v) is 4.18. The lowest BCUT2D eigenvalue weighted by atomic mass is 10.2. The Morgan fingerprint density at radius 3 is 2.50 bits per heavy atom. The van der Waals surface area contributed by atoms with E-state index in [-0.39, 0.29) is 0 Å². The van der Waals surface area contributed by atoms with Gasteiger partial charge >= 0.3 is 0 Å². The van der Waals surface area contributed by atoms with Crippen LogP contribution in [0.15, 0.2) is 60.8 Å². The molecule has 3 rings (SSSR count). The molecule has 0 saturated heterocycles. The van der Waals surface area contributed by atoms with Crippen LogP contribution in [-0.2, 0) is 0 Å². The molecular formula is C16H14NO. The fraction of sp³-hybridized carbons (Fsp3) is 0.0625. The number of rotatable bonds is 3. The van der Waals surface area contributed by atoms with E-state index in [0.29, 0.717) is 0 Å². The van der Waals surface area contributed by atoms with Crippen molar-refractivity contribution >= 4 is 10.9 Å². The SMILES string of the molecule is COc1ccc([CH]n2ccc3ccccc32)cc1. The standard InChI is InChI=1S/C16H14NO/c1-18-15-8-6-13(7-9-15)12-17-11-10-14-4-2-3-5-16(14)17/h2-12H,1H3. The molecule has 1 aromatic heterocycles. The van der Waals surface area contributed by atoms with Gasteiger partial charge in [0.2, 0.25) is 0 Å². The zero-order valence-corrected chi connectivity index (χ0v) is 10.2. The minimum absolute atomic E-state index is 0.879. The largest absolute Gasteiger partial charge is 0.497 e. The highest BCUT2D eigenvalue weighted by Crippen LogP contribution is 2.19. The molecule has 1 radical (unpaired) electrons. The normalized spacial score (nSPS) is 10.7. The Hall–Kier alpha value is -2.22. The van der Waals surface area contributed by atoms with Gasteiger partial charge in [-0.2, -0.15) is 0 Å². The molecular weight excluding hydrogens is 222 g/mol. The van der Waals surface area contributed by atoms with Gasteiger partial charge in [0.25, 0.3) is 0 Å². The van der Waals surface area contributed by atoms with E-state index in [0.717, 1.165) is 11.3 Å². The van der Waals surface area contributed by atoms with E-state index >= 15 is 0 Å². The highest BCUT2D eigenvalue weighted by molar-refractivity contribution is 5.80. The molecule has 0 aliphatic rings. The number of ether oxygens (including phenoxy) is 1. The zero-order valence-electron chi connectivity index (χ0n) is 10.2. The van der Waals surface area contributed by atoms with Crippen molar-refractivity contribution in [3.63, 3.8) is 0 Å². The first-order valence-electron chi connectivity index (χ1n) is 5.91. The van der Waals surface area contributed by atoms with Crippen LogP contribution in [-0.4, -0.2) is 11.7 Å². The molecule has 3 aromatic rings. The van der Waals surface area contributed by atoms with Crippen LogP contribution in [0.25, 0.3) is 10.9 Å². The first kappa shape index (κ1) is 10.9. The Morgan fingerprint density at radius 1 is 0.944 bits per heavy atom. The molecule has 0 aliphatic carbocycles.